The van der Waals surface area contributed by atoms with Crippen LogP contribution in [0.4, 0.5) is 4.39 Å². The summed E-state index contributed by atoms with van der Waals surface area (Å²) in [4.78, 5) is 25.3. The molecule has 0 atom stereocenters. The minimum absolute atomic E-state index is 0.198. The predicted octanol–water partition coefficient (Wildman–Crippen LogP) is 4.44. The maximum absolute atomic E-state index is 16.0. The average Bonchev–Trinajstić information content (AvgIpc) is 3.70. The van der Waals surface area contributed by atoms with E-state index in [4.69, 9.17) is 4.98 Å². The zero-order valence-electron chi connectivity index (χ0n) is 19.6. The first-order chi connectivity index (χ1) is 18.1. The van der Waals surface area contributed by atoms with Gasteiger partial charge in [-0.3, -0.25) is 20.1 Å². The lowest BCUT2D eigenvalue weighted by molar-refractivity contribution is 0.638. The highest BCUT2D eigenvalue weighted by atomic mass is 19.1. The Morgan fingerprint density at radius 1 is 0.946 bits per heavy atom. The van der Waals surface area contributed by atoms with E-state index in [2.05, 4.69) is 35.1 Å². The molecule has 0 aliphatic rings. The van der Waals surface area contributed by atoms with Crippen molar-refractivity contribution in [3.05, 3.63) is 91.2 Å². The molecule has 0 aromatic carbocycles. The van der Waals surface area contributed by atoms with Gasteiger partial charge in [0.1, 0.15) is 16.9 Å². The van der Waals surface area contributed by atoms with E-state index in [1.54, 1.807) is 37.3 Å². The van der Waals surface area contributed by atoms with Gasteiger partial charge >= 0.3 is 0 Å². The topological polar surface area (TPSA) is 119 Å². The van der Waals surface area contributed by atoms with Crippen molar-refractivity contribution in [2.75, 3.05) is 0 Å². The summed E-state index contributed by atoms with van der Waals surface area (Å²) in [6.45, 7) is 2.54. The average molecular weight is 491 g/mol. The zero-order chi connectivity index (χ0) is 24.9. The number of hydrogen-bond acceptors (Lipinski definition) is 6. The highest BCUT2D eigenvalue weighted by Crippen LogP contribution is 2.33. The van der Waals surface area contributed by atoms with Gasteiger partial charge in [0.15, 0.2) is 11.6 Å². The number of imidazole rings is 2. The normalized spacial score (nSPS) is 11.6. The van der Waals surface area contributed by atoms with Gasteiger partial charge in [0.25, 0.3) is 0 Å². The minimum Gasteiger partial charge on any atom is -0.350 e. The maximum atomic E-state index is 16.0. The molecule has 7 heterocycles. The van der Waals surface area contributed by atoms with E-state index < -0.39 is 5.82 Å². The fourth-order valence-corrected chi connectivity index (χ4v) is 4.51. The van der Waals surface area contributed by atoms with Crippen LogP contribution in [0.1, 0.15) is 11.3 Å². The molecule has 0 unspecified atom stereocenters. The molecule has 2 N–H and O–H groups in total. The van der Waals surface area contributed by atoms with Gasteiger partial charge in [0.05, 0.1) is 52.7 Å². The van der Waals surface area contributed by atoms with Gasteiger partial charge in [-0.15, -0.1) is 0 Å². The Morgan fingerprint density at radius 2 is 1.81 bits per heavy atom. The second kappa shape index (κ2) is 8.19. The zero-order valence-corrected chi connectivity index (χ0v) is 19.6. The van der Waals surface area contributed by atoms with Crippen molar-refractivity contribution in [3.63, 3.8) is 0 Å². The summed E-state index contributed by atoms with van der Waals surface area (Å²) in [5.41, 5.74) is 5.56. The van der Waals surface area contributed by atoms with Crippen molar-refractivity contribution in [2.45, 2.75) is 13.5 Å². The molecule has 7 aromatic rings. The van der Waals surface area contributed by atoms with Crippen LogP contribution in [-0.2, 0) is 6.54 Å². The molecular weight excluding hydrogens is 471 g/mol. The SMILES string of the molecule is Cc1cn(-c2cncc3[nH]c(-c4n[nH]c5cnc(-c6cncc(Cn7cccc7)c6)c(F)c45)nc23)cn1. The van der Waals surface area contributed by atoms with Gasteiger partial charge in [-0.25, -0.2) is 14.4 Å². The lowest BCUT2D eigenvalue weighted by Gasteiger charge is -2.07. The molecule has 0 fully saturated rings. The number of aromatic amines is 2. The summed E-state index contributed by atoms with van der Waals surface area (Å²) >= 11 is 0. The summed E-state index contributed by atoms with van der Waals surface area (Å²) in [7, 11) is 0. The van der Waals surface area contributed by atoms with Crippen molar-refractivity contribution in [2.24, 2.45) is 0 Å². The van der Waals surface area contributed by atoms with Crippen LogP contribution in [0, 0.1) is 12.7 Å². The third-order valence-electron chi connectivity index (χ3n) is 6.23. The summed E-state index contributed by atoms with van der Waals surface area (Å²) in [5, 5.41) is 7.55. The van der Waals surface area contributed by atoms with Crippen LogP contribution in [0.25, 0.3) is 50.4 Å². The molecule has 0 radical (unpaired) electrons. The van der Waals surface area contributed by atoms with Crippen molar-refractivity contribution in [1.82, 2.24) is 49.2 Å². The highest BCUT2D eigenvalue weighted by Gasteiger charge is 2.21. The van der Waals surface area contributed by atoms with Crippen LogP contribution in [-0.4, -0.2) is 49.2 Å². The standard InChI is InChI=1S/C26H19FN10/c1-15-12-37(14-31-15)20-11-29-9-19-24(20)33-26(32-19)25-21-18(34-35-25)10-30-23(22(21)27)17-6-16(7-28-8-17)13-36-4-2-3-5-36/h2-12,14H,13H2,1H3,(H,32,33)(H,34,35). The Kier molecular flexibility index (Phi) is 4.68. The lowest BCUT2D eigenvalue weighted by atomic mass is 10.1. The van der Waals surface area contributed by atoms with Gasteiger partial charge in [-0.05, 0) is 30.7 Å². The number of H-pyrrole nitrogens is 2. The molecule has 0 aliphatic heterocycles. The van der Waals surface area contributed by atoms with Crippen LogP contribution in [0.15, 0.2) is 74.1 Å². The Morgan fingerprint density at radius 3 is 2.65 bits per heavy atom. The molecule has 0 bridgehead atoms. The van der Waals surface area contributed by atoms with Crippen molar-refractivity contribution >= 4 is 21.9 Å². The lowest BCUT2D eigenvalue weighted by Crippen LogP contribution is -1.98. The Labute approximate surface area is 208 Å². The first-order valence-corrected chi connectivity index (χ1v) is 11.6. The molecule has 0 saturated carbocycles. The first kappa shape index (κ1) is 21.1. The molecule has 0 aliphatic carbocycles. The second-order valence-electron chi connectivity index (χ2n) is 8.78. The van der Waals surface area contributed by atoms with Crippen LogP contribution >= 0.6 is 0 Å². The maximum Gasteiger partial charge on any atom is 0.161 e. The van der Waals surface area contributed by atoms with E-state index in [0.717, 1.165) is 16.9 Å². The van der Waals surface area contributed by atoms with Crippen LogP contribution in [0.3, 0.4) is 0 Å². The number of nitrogens with zero attached hydrogens (tertiary/aromatic N) is 8. The molecule has 0 saturated heterocycles. The van der Waals surface area contributed by atoms with E-state index in [1.807, 2.05) is 52.8 Å². The molecular formula is C26H19FN10. The highest BCUT2D eigenvalue weighted by molar-refractivity contribution is 5.96. The van der Waals surface area contributed by atoms with Gasteiger partial charge in [-0.1, -0.05) is 0 Å². The number of rotatable bonds is 5. The van der Waals surface area contributed by atoms with E-state index in [1.165, 1.54) is 0 Å². The summed E-state index contributed by atoms with van der Waals surface area (Å²) in [6, 6.07) is 5.82. The number of hydrogen-bond donors (Lipinski definition) is 2. The Balaban J connectivity index is 1.33. The smallest absolute Gasteiger partial charge is 0.161 e. The molecule has 7 aromatic heterocycles. The molecule has 11 heteroatoms. The Bertz CT molecular complexity index is 1890. The third-order valence-corrected chi connectivity index (χ3v) is 6.23. The summed E-state index contributed by atoms with van der Waals surface area (Å²) in [6.07, 6.45) is 15.9. The van der Waals surface area contributed by atoms with Crippen LogP contribution < -0.4 is 0 Å². The monoisotopic (exact) mass is 490 g/mol. The second-order valence-corrected chi connectivity index (χ2v) is 8.78. The first-order valence-electron chi connectivity index (χ1n) is 11.6. The van der Waals surface area contributed by atoms with Crippen LogP contribution in [0.2, 0.25) is 0 Å². The van der Waals surface area contributed by atoms with Crippen molar-refractivity contribution in [3.8, 4) is 28.5 Å². The molecule has 0 spiro atoms. The fraction of sp³-hybridized carbons (Fsp3) is 0.0769. The van der Waals surface area contributed by atoms with E-state index in [-0.39, 0.29) is 5.69 Å². The molecule has 10 nitrogen and oxygen atoms in total. The van der Waals surface area contributed by atoms with E-state index in [0.29, 0.717) is 45.6 Å². The number of nitrogens with one attached hydrogen (secondary N) is 2. The quantitative estimate of drug-likeness (QED) is 0.368. The number of aryl methyl sites for hydroxylation is 1. The summed E-state index contributed by atoms with van der Waals surface area (Å²) < 4.78 is 19.9. The van der Waals surface area contributed by atoms with Crippen molar-refractivity contribution < 1.29 is 4.39 Å². The largest absolute Gasteiger partial charge is 0.350 e. The van der Waals surface area contributed by atoms with E-state index in [9.17, 15) is 0 Å². The third kappa shape index (κ3) is 3.56. The predicted molar refractivity (Wildman–Crippen MR) is 135 cm³/mol. The van der Waals surface area contributed by atoms with Crippen LogP contribution in [0.5, 0.6) is 0 Å². The number of fused-ring (bicyclic) bond motifs is 2. The molecule has 0 amide bonds. The van der Waals surface area contributed by atoms with Crippen molar-refractivity contribution in [1.29, 1.82) is 0 Å². The van der Waals surface area contributed by atoms with Gasteiger partial charge in [0, 0.05) is 43.1 Å². The minimum atomic E-state index is -0.495. The molecule has 7 rings (SSSR count). The number of pyridine rings is 3. The Hall–Kier alpha value is -5.19. The molecule has 37 heavy (non-hydrogen) atoms. The van der Waals surface area contributed by atoms with Gasteiger partial charge in [0.2, 0.25) is 0 Å². The number of aromatic nitrogens is 10. The molecule has 180 valence electrons. The fourth-order valence-electron chi connectivity index (χ4n) is 4.51. The summed E-state index contributed by atoms with van der Waals surface area (Å²) in [5.74, 6) is -0.0759. The van der Waals surface area contributed by atoms with Gasteiger partial charge in [-0.2, -0.15) is 5.10 Å². The number of halogens is 1. The van der Waals surface area contributed by atoms with E-state index >= 15 is 4.39 Å². The van der Waals surface area contributed by atoms with Gasteiger partial charge < -0.3 is 14.1 Å².